The molecule has 1 saturated heterocycles. The van der Waals surface area contributed by atoms with Gasteiger partial charge < -0.3 is 24.6 Å². The Morgan fingerprint density at radius 1 is 1.20 bits per heavy atom. The molecule has 0 aromatic heterocycles. The van der Waals surface area contributed by atoms with Gasteiger partial charge in [-0.1, -0.05) is 12.1 Å². The zero-order valence-electron chi connectivity index (χ0n) is 17.7. The number of anilines is 1. The highest BCUT2D eigenvalue weighted by Crippen LogP contribution is 2.39. The normalized spacial score (nSPS) is 16.3. The number of carbonyl (C=O) groups is 1. The number of para-hydroxylation sites is 2. The zero-order chi connectivity index (χ0) is 21.1. The molecule has 2 aromatic rings. The Hall–Kier alpha value is -2.90. The molecule has 2 heterocycles. The Kier molecular flexibility index (Phi) is 6.01. The van der Waals surface area contributed by atoms with Crippen LogP contribution in [-0.4, -0.2) is 68.5 Å². The molecule has 7 nitrogen and oxygen atoms in total. The highest BCUT2D eigenvalue weighted by Gasteiger charge is 2.27. The Morgan fingerprint density at radius 2 is 1.97 bits per heavy atom. The van der Waals surface area contributed by atoms with E-state index in [0.717, 1.165) is 54.5 Å². The van der Waals surface area contributed by atoms with Gasteiger partial charge in [-0.05, 0) is 57.3 Å². The molecule has 0 radical (unpaired) electrons. The van der Waals surface area contributed by atoms with E-state index in [0.29, 0.717) is 11.7 Å². The Morgan fingerprint density at radius 3 is 2.70 bits per heavy atom. The van der Waals surface area contributed by atoms with Crippen LogP contribution in [0.3, 0.4) is 0 Å². The summed E-state index contributed by atoms with van der Waals surface area (Å²) in [7, 11) is 5.78. The molecule has 0 unspecified atom stereocenters. The highest BCUT2D eigenvalue weighted by atomic mass is 16.5. The van der Waals surface area contributed by atoms with Crippen LogP contribution in [0.15, 0.2) is 47.5 Å². The van der Waals surface area contributed by atoms with Crippen LogP contribution in [0.5, 0.6) is 11.5 Å². The smallest absolute Gasteiger partial charge is 0.250 e. The van der Waals surface area contributed by atoms with Gasteiger partial charge in [0, 0.05) is 31.9 Å². The minimum absolute atomic E-state index is 0.0119. The number of amidine groups is 1. The van der Waals surface area contributed by atoms with Crippen LogP contribution in [0, 0.1) is 0 Å². The summed E-state index contributed by atoms with van der Waals surface area (Å²) in [5.74, 6) is 2.15. The molecule has 30 heavy (non-hydrogen) atoms. The molecule has 0 atom stereocenters. The zero-order valence-corrected chi connectivity index (χ0v) is 17.7. The Bertz CT molecular complexity index is 949. The predicted octanol–water partition coefficient (Wildman–Crippen LogP) is 3.48. The van der Waals surface area contributed by atoms with E-state index in [4.69, 9.17) is 14.5 Å². The summed E-state index contributed by atoms with van der Waals surface area (Å²) in [5, 5.41) is 2.88. The largest absolute Gasteiger partial charge is 0.454 e. The van der Waals surface area contributed by atoms with Gasteiger partial charge in [-0.2, -0.15) is 0 Å². The van der Waals surface area contributed by atoms with Crippen LogP contribution in [0.1, 0.15) is 18.4 Å². The van der Waals surface area contributed by atoms with Gasteiger partial charge in [-0.15, -0.1) is 0 Å². The van der Waals surface area contributed by atoms with Crippen LogP contribution in [0.25, 0.3) is 0 Å². The molecule has 2 aromatic carbocycles. The summed E-state index contributed by atoms with van der Waals surface area (Å²) in [6.45, 7) is 1.85. The number of likely N-dealkylation sites (tertiary alicyclic amines) is 1. The summed E-state index contributed by atoms with van der Waals surface area (Å²) >= 11 is 0. The maximum atomic E-state index is 12.0. The number of methoxy groups -OCH3 is 1. The van der Waals surface area contributed by atoms with Crippen molar-refractivity contribution in [1.29, 1.82) is 0 Å². The van der Waals surface area contributed by atoms with Crippen LogP contribution in [-0.2, 0) is 9.53 Å². The molecule has 1 N–H and O–H groups in total. The summed E-state index contributed by atoms with van der Waals surface area (Å²) in [4.78, 5) is 21.6. The van der Waals surface area contributed by atoms with Gasteiger partial charge in [0.1, 0.15) is 23.9 Å². The van der Waals surface area contributed by atoms with E-state index in [2.05, 4.69) is 29.2 Å². The van der Waals surface area contributed by atoms with Crippen molar-refractivity contribution >= 4 is 23.1 Å². The maximum Gasteiger partial charge on any atom is 0.250 e. The number of piperidine rings is 1. The monoisotopic (exact) mass is 408 g/mol. The van der Waals surface area contributed by atoms with Crippen molar-refractivity contribution in [2.75, 3.05) is 46.2 Å². The third-order valence-electron chi connectivity index (χ3n) is 5.59. The van der Waals surface area contributed by atoms with Crippen LogP contribution < -0.4 is 10.1 Å². The number of nitrogens with one attached hydrogen (secondary N) is 1. The van der Waals surface area contributed by atoms with E-state index in [1.165, 1.54) is 7.11 Å². The molecule has 7 heteroatoms. The fourth-order valence-corrected chi connectivity index (χ4v) is 3.96. The number of hydrogen-bond donors (Lipinski definition) is 1. The number of hydrogen-bond acceptors (Lipinski definition) is 6. The lowest BCUT2D eigenvalue weighted by Crippen LogP contribution is -2.44. The van der Waals surface area contributed by atoms with Gasteiger partial charge in [-0.25, -0.2) is 4.99 Å². The van der Waals surface area contributed by atoms with E-state index >= 15 is 0 Å². The Labute approximate surface area is 177 Å². The van der Waals surface area contributed by atoms with Crippen molar-refractivity contribution in [2.24, 2.45) is 4.99 Å². The number of benzene rings is 2. The Balaban J connectivity index is 1.70. The standard InChI is InChI=1S/C23H28N4O3/c1-26(2)17-10-12-27(13-11-17)23-18-14-16(24-22(28)15-29-3)8-9-20(18)30-21-7-5-4-6-19(21)25-23/h4-9,14,17H,10-13,15H2,1-3H3,(H,24,28). The first kappa shape index (κ1) is 20.4. The van der Waals surface area contributed by atoms with E-state index in [-0.39, 0.29) is 12.5 Å². The number of aliphatic imine (C=N–C) groups is 1. The molecule has 4 rings (SSSR count). The van der Waals surface area contributed by atoms with Gasteiger partial charge in [-0.3, -0.25) is 4.79 Å². The van der Waals surface area contributed by atoms with Crippen molar-refractivity contribution in [3.8, 4) is 11.5 Å². The first-order chi connectivity index (χ1) is 14.5. The summed E-state index contributed by atoms with van der Waals surface area (Å²) < 4.78 is 11.1. The molecule has 2 aliphatic rings. The molecule has 0 spiro atoms. The van der Waals surface area contributed by atoms with Gasteiger partial charge >= 0.3 is 0 Å². The topological polar surface area (TPSA) is 66.4 Å². The lowest BCUT2D eigenvalue weighted by atomic mass is 10.0. The lowest BCUT2D eigenvalue weighted by Gasteiger charge is -2.37. The number of ether oxygens (including phenoxy) is 2. The van der Waals surface area contributed by atoms with Gasteiger partial charge in [0.2, 0.25) is 5.91 Å². The average molecular weight is 409 g/mol. The second kappa shape index (κ2) is 8.85. The van der Waals surface area contributed by atoms with Crippen molar-refractivity contribution in [2.45, 2.75) is 18.9 Å². The average Bonchev–Trinajstić information content (AvgIpc) is 2.90. The maximum absolute atomic E-state index is 12.0. The van der Waals surface area contributed by atoms with Gasteiger partial charge in [0.25, 0.3) is 0 Å². The summed E-state index contributed by atoms with van der Waals surface area (Å²) in [6.07, 6.45) is 2.16. The first-order valence-electron chi connectivity index (χ1n) is 10.3. The lowest BCUT2D eigenvalue weighted by molar-refractivity contribution is -0.119. The van der Waals surface area contributed by atoms with E-state index in [9.17, 15) is 4.79 Å². The van der Waals surface area contributed by atoms with Crippen LogP contribution in [0.4, 0.5) is 11.4 Å². The summed E-state index contributed by atoms with van der Waals surface area (Å²) in [5.41, 5.74) is 2.38. The number of fused-ring (bicyclic) bond motifs is 2. The molecule has 1 fully saturated rings. The minimum atomic E-state index is -0.194. The van der Waals surface area contributed by atoms with Crippen molar-refractivity contribution in [3.05, 3.63) is 48.0 Å². The van der Waals surface area contributed by atoms with Crippen molar-refractivity contribution in [3.63, 3.8) is 0 Å². The fourth-order valence-electron chi connectivity index (χ4n) is 3.96. The third kappa shape index (κ3) is 4.32. The fraction of sp³-hybridized carbons (Fsp3) is 0.391. The highest BCUT2D eigenvalue weighted by molar-refractivity contribution is 6.05. The minimum Gasteiger partial charge on any atom is -0.454 e. The number of amides is 1. The van der Waals surface area contributed by atoms with Crippen LogP contribution in [0.2, 0.25) is 0 Å². The van der Waals surface area contributed by atoms with Crippen LogP contribution >= 0.6 is 0 Å². The molecule has 0 bridgehead atoms. The molecular formula is C23H28N4O3. The molecule has 1 amide bonds. The molecule has 2 aliphatic heterocycles. The summed E-state index contributed by atoms with van der Waals surface area (Å²) in [6, 6.07) is 14.1. The number of nitrogens with zero attached hydrogens (tertiary/aromatic N) is 3. The molecule has 0 aliphatic carbocycles. The molecule has 158 valence electrons. The predicted molar refractivity (Wildman–Crippen MR) is 118 cm³/mol. The van der Waals surface area contributed by atoms with Gasteiger partial charge in [0.05, 0.1) is 5.56 Å². The van der Waals surface area contributed by atoms with E-state index < -0.39 is 0 Å². The SMILES string of the molecule is COCC(=O)Nc1ccc2c(c1)C(N1CCC(N(C)C)CC1)=Nc1ccccc1O2. The first-order valence-corrected chi connectivity index (χ1v) is 10.3. The van der Waals surface area contributed by atoms with Gasteiger partial charge in [0.15, 0.2) is 5.75 Å². The number of rotatable bonds is 4. The van der Waals surface area contributed by atoms with Crippen molar-refractivity contribution in [1.82, 2.24) is 9.80 Å². The van der Waals surface area contributed by atoms with E-state index in [1.807, 2.05) is 42.5 Å². The number of carbonyl (C=O) groups excluding carboxylic acids is 1. The molecule has 0 saturated carbocycles. The van der Waals surface area contributed by atoms with E-state index in [1.54, 1.807) is 0 Å². The second-order valence-electron chi connectivity index (χ2n) is 7.88. The van der Waals surface area contributed by atoms with Crippen molar-refractivity contribution < 1.29 is 14.3 Å². The third-order valence-corrected chi connectivity index (χ3v) is 5.59. The second-order valence-corrected chi connectivity index (χ2v) is 7.88. The quantitative estimate of drug-likeness (QED) is 0.839. The molecular weight excluding hydrogens is 380 g/mol.